The number of amides is 2. The number of carbonyl (C=O) groups is 2. The van der Waals surface area contributed by atoms with E-state index in [1.54, 1.807) is 18.2 Å². The first-order valence-electron chi connectivity index (χ1n) is 10.2. The SMILES string of the molecule is CCCn1c(-c2ccc(C(=O)NNC(=O)COc3ccc(Cl)cc3Cl)s2)nc2ccccc21. The molecule has 0 saturated carbocycles. The first-order valence-corrected chi connectivity index (χ1v) is 11.8. The molecule has 0 atom stereocenters. The van der Waals surface area contributed by atoms with Crippen LogP contribution in [0.4, 0.5) is 0 Å². The van der Waals surface area contributed by atoms with Gasteiger partial charge in [-0.3, -0.25) is 20.4 Å². The summed E-state index contributed by atoms with van der Waals surface area (Å²) in [6.07, 6.45) is 0.960. The minimum Gasteiger partial charge on any atom is -0.482 e. The fraction of sp³-hybridized carbons (Fsp3) is 0.174. The van der Waals surface area contributed by atoms with Crippen molar-refractivity contribution in [1.82, 2.24) is 20.4 Å². The van der Waals surface area contributed by atoms with E-state index in [1.807, 2.05) is 30.3 Å². The van der Waals surface area contributed by atoms with Gasteiger partial charge in [0.15, 0.2) is 12.4 Å². The first kappa shape index (κ1) is 23.1. The van der Waals surface area contributed by atoms with Crippen molar-refractivity contribution in [3.63, 3.8) is 0 Å². The second kappa shape index (κ2) is 10.2. The van der Waals surface area contributed by atoms with Crippen molar-refractivity contribution in [2.24, 2.45) is 0 Å². The lowest BCUT2D eigenvalue weighted by Crippen LogP contribution is -2.43. The van der Waals surface area contributed by atoms with Gasteiger partial charge in [-0.2, -0.15) is 0 Å². The molecule has 0 aliphatic heterocycles. The van der Waals surface area contributed by atoms with E-state index in [1.165, 1.54) is 17.4 Å². The lowest BCUT2D eigenvalue weighted by atomic mass is 10.3. The number of fused-ring (bicyclic) bond motifs is 1. The molecule has 0 aliphatic rings. The van der Waals surface area contributed by atoms with E-state index in [4.69, 9.17) is 32.9 Å². The Morgan fingerprint density at radius 3 is 2.70 bits per heavy atom. The van der Waals surface area contributed by atoms with Gasteiger partial charge >= 0.3 is 0 Å². The van der Waals surface area contributed by atoms with Gasteiger partial charge in [0.25, 0.3) is 11.8 Å². The Kier molecular flexibility index (Phi) is 7.17. The van der Waals surface area contributed by atoms with Gasteiger partial charge in [-0.15, -0.1) is 11.3 Å². The number of ether oxygens (including phenoxy) is 1. The van der Waals surface area contributed by atoms with Gasteiger partial charge in [-0.05, 0) is 48.9 Å². The van der Waals surface area contributed by atoms with E-state index >= 15 is 0 Å². The number of aromatic nitrogens is 2. The Labute approximate surface area is 204 Å². The third kappa shape index (κ3) is 5.30. The fourth-order valence-corrected chi connectivity index (χ4v) is 4.62. The van der Waals surface area contributed by atoms with Crippen LogP contribution in [0.3, 0.4) is 0 Å². The Bertz CT molecular complexity index is 1320. The molecule has 33 heavy (non-hydrogen) atoms. The molecule has 0 spiro atoms. The highest BCUT2D eigenvalue weighted by molar-refractivity contribution is 7.17. The maximum Gasteiger partial charge on any atom is 0.279 e. The summed E-state index contributed by atoms with van der Waals surface area (Å²) in [7, 11) is 0. The fourth-order valence-electron chi connectivity index (χ4n) is 3.25. The molecule has 0 saturated heterocycles. The molecular formula is C23H20Cl2N4O3S. The van der Waals surface area contributed by atoms with Gasteiger partial charge in [0.1, 0.15) is 5.75 Å². The Balaban J connectivity index is 1.39. The third-order valence-corrected chi connectivity index (χ3v) is 6.33. The average Bonchev–Trinajstić information content (AvgIpc) is 3.43. The minimum absolute atomic E-state index is 0.291. The average molecular weight is 503 g/mol. The number of hydrazine groups is 1. The molecule has 0 fully saturated rings. The molecule has 4 aromatic rings. The summed E-state index contributed by atoms with van der Waals surface area (Å²) in [6, 6.07) is 16.2. The third-order valence-electron chi connectivity index (χ3n) is 4.72. The summed E-state index contributed by atoms with van der Waals surface area (Å²) < 4.78 is 7.51. The number of aryl methyl sites for hydroxylation is 1. The van der Waals surface area contributed by atoms with Gasteiger partial charge in [0, 0.05) is 11.6 Å². The van der Waals surface area contributed by atoms with Crippen molar-refractivity contribution in [1.29, 1.82) is 0 Å². The second-order valence-electron chi connectivity index (χ2n) is 7.11. The highest BCUT2D eigenvalue weighted by Gasteiger charge is 2.17. The summed E-state index contributed by atoms with van der Waals surface area (Å²) in [6.45, 7) is 2.61. The number of rotatable bonds is 7. The van der Waals surface area contributed by atoms with Crippen LogP contribution in [0.5, 0.6) is 5.75 Å². The van der Waals surface area contributed by atoms with Crippen LogP contribution in [0.15, 0.2) is 54.6 Å². The lowest BCUT2D eigenvalue weighted by Gasteiger charge is -2.09. The van der Waals surface area contributed by atoms with Crippen LogP contribution < -0.4 is 15.6 Å². The van der Waals surface area contributed by atoms with Crippen molar-refractivity contribution in [2.75, 3.05) is 6.61 Å². The van der Waals surface area contributed by atoms with Crippen LogP contribution in [-0.2, 0) is 11.3 Å². The molecule has 170 valence electrons. The standard InChI is InChI=1S/C23H20Cl2N4O3S/c1-2-11-29-17-6-4-3-5-16(17)26-22(29)19-9-10-20(33-19)23(31)28-27-21(30)13-32-18-8-7-14(24)12-15(18)25/h3-10,12H,2,11,13H2,1H3,(H,27,30)(H,28,31). The molecule has 4 rings (SSSR count). The molecule has 2 amide bonds. The van der Waals surface area contributed by atoms with Crippen LogP contribution in [0.1, 0.15) is 23.0 Å². The van der Waals surface area contributed by atoms with Crippen LogP contribution in [0.25, 0.3) is 21.7 Å². The lowest BCUT2D eigenvalue weighted by molar-refractivity contribution is -0.123. The summed E-state index contributed by atoms with van der Waals surface area (Å²) >= 11 is 13.2. The van der Waals surface area contributed by atoms with Crippen molar-refractivity contribution in [3.05, 3.63) is 69.5 Å². The monoisotopic (exact) mass is 502 g/mol. The number of nitrogens with one attached hydrogen (secondary N) is 2. The van der Waals surface area contributed by atoms with E-state index in [9.17, 15) is 9.59 Å². The van der Waals surface area contributed by atoms with Gasteiger partial charge in [0.2, 0.25) is 0 Å². The van der Waals surface area contributed by atoms with Gasteiger partial charge in [-0.1, -0.05) is 42.3 Å². The normalized spacial score (nSPS) is 10.9. The molecule has 2 aromatic heterocycles. The van der Waals surface area contributed by atoms with Crippen LogP contribution >= 0.6 is 34.5 Å². The molecule has 0 unspecified atom stereocenters. The topological polar surface area (TPSA) is 85.2 Å². The number of thiophene rings is 1. The summed E-state index contributed by atoms with van der Waals surface area (Å²) in [5.41, 5.74) is 6.71. The maximum absolute atomic E-state index is 12.5. The zero-order valence-corrected chi connectivity index (χ0v) is 19.9. The van der Waals surface area contributed by atoms with Crippen molar-refractivity contribution in [3.8, 4) is 16.5 Å². The van der Waals surface area contributed by atoms with Gasteiger partial charge in [0.05, 0.1) is 25.8 Å². The molecule has 2 aromatic carbocycles. The number of carbonyl (C=O) groups excluding carboxylic acids is 2. The Morgan fingerprint density at radius 1 is 1.09 bits per heavy atom. The summed E-state index contributed by atoms with van der Waals surface area (Å²) in [4.78, 5) is 30.6. The summed E-state index contributed by atoms with van der Waals surface area (Å²) in [5, 5.41) is 0.754. The van der Waals surface area contributed by atoms with Gasteiger partial charge in [-0.25, -0.2) is 4.98 Å². The second-order valence-corrected chi connectivity index (χ2v) is 9.03. The quantitative estimate of drug-likeness (QED) is 0.334. The first-order chi connectivity index (χ1) is 16.0. The van der Waals surface area contributed by atoms with E-state index in [-0.39, 0.29) is 6.61 Å². The minimum atomic E-state index is -0.532. The highest BCUT2D eigenvalue weighted by atomic mass is 35.5. The molecule has 0 aliphatic carbocycles. The van der Waals surface area contributed by atoms with E-state index in [2.05, 4.69) is 22.3 Å². The molecule has 0 radical (unpaired) electrons. The van der Waals surface area contributed by atoms with Crippen molar-refractivity contribution < 1.29 is 14.3 Å². The number of nitrogens with zero attached hydrogens (tertiary/aromatic N) is 2. The number of para-hydroxylation sites is 2. The Morgan fingerprint density at radius 2 is 1.91 bits per heavy atom. The van der Waals surface area contributed by atoms with Crippen molar-refractivity contribution >= 4 is 57.4 Å². The van der Waals surface area contributed by atoms with E-state index in [0.29, 0.717) is 20.7 Å². The predicted molar refractivity (Wildman–Crippen MR) is 131 cm³/mol. The van der Waals surface area contributed by atoms with Crippen LogP contribution in [0, 0.1) is 0 Å². The highest BCUT2D eigenvalue weighted by Crippen LogP contribution is 2.31. The van der Waals surface area contributed by atoms with E-state index in [0.717, 1.165) is 34.7 Å². The number of benzene rings is 2. The van der Waals surface area contributed by atoms with Crippen LogP contribution in [0.2, 0.25) is 10.0 Å². The molecule has 2 heterocycles. The zero-order chi connectivity index (χ0) is 23.4. The smallest absolute Gasteiger partial charge is 0.279 e. The maximum atomic E-state index is 12.5. The number of hydrogen-bond donors (Lipinski definition) is 2. The Hall–Kier alpha value is -3.07. The zero-order valence-electron chi connectivity index (χ0n) is 17.6. The predicted octanol–water partition coefficient (Wildman–Crippen LogP) is 5.32. The van der Waals surface area contributed by atoms with Crippen LogP contribution in [-0.4, -0.2) is 28.0 Å². The molecular weight excluding hydrogens is 483 g/mol. The van der Waals surface area contributed by atoms with Gasteiger partial charge < -0.3 is 9.30 Å². The molecule has 0 bridgehead atoms. The molecule has 7 nitrogen and oxygen atoms in total. The largest absolute Gasteiger partial charge is 0.482 e. The number of imidazole rings is 1. The number of halogens is 2. The summed E-state index contributed by atoms with van der Waals surface area (Å²) in [5.74, 6) is 0.179. The molecule has 10 heteroatoms. The van der Waals surface area contributed by atoms with Crippen molar-refractivity contribution in [2.45, 2.75) is 19.9 Å². The number of hydrogen-bond acceptors (Lipinski definition) is 5. The van der Waals surface area contributed by atoms with E-state index < -0.39 is 11.8 Å². The molecule has 2 N–H and O–H groups in total.